The van der Waals surface area contributed by atoms with E-state index < -0.39 is 6.67 Å². The van der Waals surface area contributed by atoms with Gasteiger partial charge in [0.25, 0.3) is 0 Å². The number of alkyl halides is 1. The van der Waals surface area contributed by atoms with E-state index in [9.17, 15) is 4.39 Å². The van der Waals surface area contributed by atoms with Gasteiger partial charge >= 0.3 is 0 Å². The molecule has 0 saturated heterocycles. The number of rotatable bonds is 2. The van der Waals surface area contributed by atoms with E-state index in [0.717, 1.165) is 12.1 Å². The van der Waals surface area contributed by atoms with E-state index in [4.69, 9.17) is 0 Å². The Morgan fingerprint density at radius 3 is 3.00 bits per heavy atom. The number of H-pyrrole nitrogens is 1. The molecule has 0 atom stereocenters. The fourth-order valence-electron chi connectivity index (χ4n) is 0.770. The molecule has 1 aromatic heterocycles. The Morgan fingerprint density at radius 2 is 2.56 bits per heavy atom. The number of hydrogen-bond acceptors (Lipinski definition) is 1. The minimum absolute atomic E-state index is 0.441. The average molecular weight is 128 g/mol. The number of halogens is 1. The van der Waals surface area contributed by atoms with Gasteiger partial charge in [-0.2, -0.15) is 0 Å². The van der Waals surface area contributed by atoms with Crippen LogP contribution in [0.2, 0.25) is 0 Å². The molecular weight excluding hydrogens is 119 g/mol. The van der Waals surface area contributed by atoms with E-state index in [1.165, 1.54) is 6.33 Å². The molecule has 3 heteroatoms. The van der Waals surface area contributed by atoms with E-state index in [-0.39, 0.29) is 0 Å². The summed E-state index contributed by atoms with van der Waals surface area (Å²) in [6.45, 7) is 1.51. The summed E-state index contributed by atoms with van der Waals surface area (Å²) in [5.74, 6) is 0. The molecule has 1 aromatic rings. The monoisotopic (exact) mass is 128 g/mol. The number of hydrogen-bond donors (Lipinski definition) is 1. The highest BCUT2D eigenvalue weighted by Crippen LogP contribution is 2.03. The minimum atomic E-state index is -0.441. The summed E-state index contributed by atoms with van der Waals surface area (Å²) in [6, 6.07) is 0. The summed E-state index contributed by atoms with van der Waals surface area (Å²) in [5.41, 5.74) is 1.44. The zero-order valence-electron chi connectivity index (χ0n) is 5.32. The van der Waals surface area contributed by atoms with Crippen LogP contribution in [0, 0.1) is 0 Å². The lowest BCUT2D eigenvalue weighted by atomic mass is 10.3. The first-order valence-corrected chi connectivity index (χ1v) is 2.95. The normalized spacial score (nSPS) is 10.0. The molecule has 0 bridgehead atoms. The molecule has 2 nitrogen and oxygen atoms in total. The molecule has 0 aromatic carbocycles. The van der Waals surface area contributed by atoms with Gasteiger partial charge in [-0.15, -0.1) is 0 Å². The van der Waals surface area contributed by atoms with Crippen molar-refractivity contribution >= 4 is 0 Å². The van der Waals surface area contributed by atoms with Gasteiger partial charge in [-0.3, -0.25) is 0 Å². The zero-order valence-corrected chi connectivity index (χ0v) is 5.32. The van der Waals surface area contributed by atoms with Gasteiger partial charge in [0.05, 0.1) is 17.7 Å². The average Bonchev–Trinajstić information content (AvgIpc) is 2.33. The minimum Gasteiger partial charge on any atom is -0.346 e. The topological polar surface area (TPSA) is 28.7 Å². The summed E-state index contributed by atoms with van der Waals surface area (Å²) in [6.07, 6.45) is 2.32. The van der Waals surface area contributed by atoms with Gasteiger partial charge in [0.1, 0.15) is 6.67 Å². The maximum atomic E-state index is 11.9. The SMILES string of the molecule is CCc1nc[nH]c1CF. The van der Waals surface area contributed by atoms with Crippen LogP contribution in [0.4, 0.5) is 4.39 Å². The molecular formula is C6H9FN2. The number of aryl methyl sites for hydroxylation is 1. The molecule has 0 aliphatic carbocycles. The number of aromatic nitrogens is 2. The van der Waals surface area contributed by atoms with Crippen LogP contribution in [0.5, 0.6) is 0 Å². The first-order chi connectivity index (χ1) is 4.38. The van der Waals surface area contributed by atoms with Gasteiger partial charge in [0, 0.05) is 0 Å². The van der Waals surface area contributed by atoms with Crippen molar-refractivity contribution in [1.82, 2.24) is 9.97 Å². The smallest absolute Gasteiger partial charge is 0.131 e. The summed E-state index contributed by atoms with van der Waals surface area (Å²) < 4.78 is 11.9. The van der Waals surface area contributed by atoms with E-state index in [1.807, 2.05) is 6.92 Å². The van der Waals surface area contributed by atoms with E-state index in [1.54, 1.807) is 0 Å². The molecule has 0 radical (unpaired) electrons. The second kappa shape index (κ2) is 2.62. The maximum absolute atomic E-state index is 11.9. The second-order valence-electron chi connectivity index (χ2n) is 1.81. The van der Waals surface area contributed by atoms with Gasteiger partial charge in [-0.05, 0) is 6.42 Å². The number of nitrogens with zero attached hydrogens (tertiary/aromatic N) is 1. The van der Waals surface area contributed by atoms with Crippen molar-refractivity contribution < 1.29 is 4.39 Å². The van der Waals surface area contributed by atoms with Crippen molar-refractivity contribution in [2.75, 3.05) is 0 Å². The Morgan fingerprint density at radius 1 is 1.78 bits per heavy atom. The Hall–Kier alpha value is -0.860. The maximum Gasteiger partial charge on any atom is 0.131 e. The highest BCUT2D eigenvalue weighted by atomic mass is 19.1. The van der Waals surface area contributed by atoms with Crippen molar-refractivity contribution in [2.45, 2.75) is 20.0 Å². The van der Waals surface area contributed by atoms with Crippen LogP contribution in [-0.4, -0.2) is 9.97 Å². The fourth-order valence-corrected chi connectivity index (χ4v) is 0.770. The molecule has 0 saturated carbocycles. The van der Waals surface area contributed by atoms with Gasteiger partial charge < -0.3 is 4.98 Å². The number of nitrogens with one attached hydrogen (secondary N) is 1. The molecule has 1 rings (SSSR count). The molecule has 0 unspecified atom stereocenters. The molecule has 1 N–H and O–H groups in total. The third kappa shape index (κ3) is 1.09. The third-order valence-electron chi connectivity index (χ3n) is 1.28. The summed E-state index contributed by atoms with van der Waals surface area (Å²) >= 11 is 0. The van der Waals surface area contributed by atoms with Crippen LogP contribution in [0.15, 0.2) is 6.33 Å². The Bertz CT molecular complexity index is 164. The lowest BCUT2D eigenvalue weighted by Gasteiger charge is -1.89. The molecule has 0 spiro atoms. The Kier molecular flexibility index (Phi) is 1.82. The first kappa shape index (κ1) is 6.26. The summed E-state index contributed by atoms with van der Waals surface area (Å²) in [5, 5.41) is 0. The first-order valence-electron chi connectivity index (χ1n) is 2.95. The van der Waals surface area contributed by atoms with Crippen molar-refractivity contribution in [2.24, 2.45) is 0 Å². The molecule has 0 fully saturated rings. The van der Waals surface area contributed by atoms with Crippen molar-refractivity contribution in [3.05, 3.63) is 17.7 Å². The van der Waals surface area contributed by atoms with Crippen LogP contribution in [0.25, 0.3) is 0 Å². The van der Waals surface area contributed by atoms with Crippen molar-refractivity contribution in [3.63, 3.8) is 0 Å². The number of aromatic amines is 1. The predicted molar refractivity (Wildman–Crippen MR) is 32.8 cm³/mol. The Labute approximate surface area is 53.1 Å². The van der Waals surface area contributed by atoms with E-state index >= 15 is 0 Å². The summed E-state index contributed by atoms with van der Waals surface area (Å²) in [4.78, 5) is 6.63. The van der Waals surface area contributed by atoms with Crippen molar-refractivity contribution in [1.29, 1.82) is 0 Å². The van der Waals surface area contributed by atoms with Crippen LogP contribution >= 0.6 is 0 Å². The van der Waals surface area contributed by atoms with Gasteiger partial charge in [-0.1, -0.05) is 6.92 Å². The van der Waals surface area contributed by atoms with E-state index in [2.05, 4.69) is 9.97 Å². The summed E-state index contributed by atoms with van der Waals surface area (Å²) in [7, 11) is 0. The molecule has 1 heterocycles. The molecule has 50 valence electrons. The molecule has 0 amide bonds. The second-order valence-corrected chi connectivity index (χ2v) is 1.81. The van der Waals surface area contributed by atoms with Crippen LogP contribution < -0.4 is 0 Å². The lowest BCUT2D eigenvalue weighted by molar-refractivity contribution is 0.474. The molecule has 9 heavy (non-hydrogen) atoms. The van der Waals surface area contributed by atoms with Gasteiger partial charge in [0.2, 0.25) is 0 Å². The lowest BCUT2D eigenvalue weighted by Crippen LogP contribution is -1.86. The zero-order chi connectivity index (χ0) is 6.69. The molecule has 0 aliphatic heterocycles. The fraction of sp³-hybridized carbons (Fsp3) is 0.500. The van der Waals surface area contributed by atoms with Crippen LogP contribution in [0.1, 0.15) is 18.3 Å². The van der Waals surface area contributed by atoms with Crippen molar-refractivity contribution in [3.8, 4) is 0 Å². The number of imidazole rings is 1. The van der Waals surface area contributed by atoms with Gasteiger partial charge in [0.15, 0.2) is 0 Å². The highest BCUT2D eigenvalue weighted by Gasteiger charge is 1.99. The van der Waals surface area contributed by atoms with Crippen LogP contribution in [0.3, 0.4) is 0 Å². The third-order valence-corrected chi connectivity index (χ3v) is 1.28. The Balaban J connectivity index is 2.85. The predicted octanol–water partition coefficient (Wildman–Crippen LogP) is 1.44. The largest absolute Gasteiger partial charge is 0.346 e. The standard InChI is InChI=1S/C6H9FN2/c1-2-5-6(3-7)9-4-8-5/h4H,2-3H2,1H3,(H,8,9). The van der Waals surface area contributed by atoms with Crippen LogP contribution in [-0.2, 0) is 13.1 Å². The quantitative estimate of drug-likeness (QED) is 0.641. The molecule has 0 aliphatic rings. The van der Waals surface area contributed by atoms with E-state index in [0.29, 0.717) is 5.69 Å². The highest BCUT2D eigenvalue weighted by molar-refractivity contribution is 5.09. The van der Waals surface area contributed by atoms with Gasteiger partial charge in [-0.25, -0.2) is 9.37 Å².